The van der Waals surface area contributed by atoms with E-state index in [4.69, 9.17) is 9.47 Å². The Kier molecular flexibility index (Phi) is 6.64. The third kappa shape index (κ3) is 4.61. The van der Waals surface area contributed by atoms with E-state index in [0.29, 0.717) is 13.0 Å². The van der Waals surface area contributed by atoms with Crippen molar-refractivity contribution in [2.45, 2.75) is 58.7 Å². The fourth-order valence-corrected chi connectivity index (χ4v) is 2.40. The molecule has 1 aliphatic heterocycles. The molecule has 1 N–H and O–H groups in total. The molecular formula is C15H26N2O5. The van der Waals surface area contributed by atoms with Crippen molar-refractivity contribution in [1.29, 1.82) is 0 Å². The van der Waals surface area contributed by atoms with Gasteiger partial charge in [0.15, 0.2) is 0 Å². The minimum Gasteiger partial charge on any atom is -0.467 e. The summed E-state index contributed by atoms with van der Waals surface area (Å²) in [6, 6.07) is -1.32. The van der Waals surface area contributed by atoms with Crippen LogP contribution in [-0.4, -0.2) is 54.7 Å². The fourth-order valence-electron chi connectivity index (χ4n) is 2.40. The van der Waals surface area contributed by atoms with E-state index in [1.165, 1.54) is 12.0 Å². The molecule has 0 aromatic rings. The lowest BCUT2D eigenvalue weighted by Crippen LogP contribution is -2.52. The van der Waals surface area contributed by atoms with Gasteiger partial charge in [-0.1, -0.05) is 13.8 Å². The van der Waals surface area contributed by atoms with Crippen molar-refractivity contribution in [2.75, 3.05) is 13.7 Å². The van der Waals surface area contributed by atoms with Crippen LogP contribution >= 0.6 is 0 Å². The van der Waals surface area contributed by atoms with Crippen molar-refractivity contribution < 1.29 is 23.9 Å². The van der Waals surface area contributed by atoms with Crippen molar-refractivity contribution in [3.05, 3.63) is 0 Å². The first kappa shape index (κ1) is 18.3. The molecule has 0 unspecified atom stereocenters. The maximum Gasteiger partial charge on any atom is 0.410 e. The number of nitrogens with zero attached hydrogens (tertiary/aromatic N) is 1. The second kappa shape index (κ2) is 8.00. The van der Waals surface area contributed by atoms with Crippen LogP contribution in [0.2, 0.25) is 0 Å². The van der Waals surface area contributed by atoms with E-state index in [2.05, 4.69) is 5.32 Å². The Labute approximate surface area is 131 Å². The summed E-state index contributed by atoms with van der Waals surface area (Å²) in [5, 5.41) is 2.68. The minimum absolute atomic E-state index is 0.103. The van der Waals surface area contributed by atoms with Gasteiger partial charge in [0.2, 0.25) is 5.91 Å². The van der Waals surface area contributed by atoms with Gasteiger partial charge in [0.1, 0.15) is 12.1 Å². The molecule has 0 radical (unpaired) electrons. The van der Waals surface area contributed by atoms with Crippen LogP contribution < -0.4 is 5.32 Å². The van der Waals surface area contributed by atoms with Gasteiger partial charge in [0.05, 0.1) is 13.2 Å². The van der Waals surface area contributed by atoms with Gasteiger partial charge in [-0.2, -0.15) is 0 Å². The van der Waals surface area contributed by atoms with E-state index in [0.717, 1.165) is 6.42 Å². The van der Waals surface area contributed by atoms with Gasteiger partial charge in [-0.15, -0.1) is 0 Å². The third-order valence-corrected chi connectivity index (χ3v) is 3.55. The molecule has 0 aromatic carbocycles. The lowest BCUT2D eigenvalue weighted by molar-refractivity contribution is -0.146. The van der Waals surface area contributed by atoms with Crippen LogP contribution in [0.5, 0.6) is 0 Å². The SMILES string of the molecule is COC(=O)[C@H](NC(=O)[C@@H]1CCCN1C(=O)OC(C)C)C(C)C. The number of likely N-dealkylation sites (tertiary alicyclic amines) is 1. The first-order chi connectivity index (χ1) is 10.3. The van der Waals surface area contributed by atoms with Crippen LogP contribution in [0, 0.1) is 5.92 Å². The standard InChI is InChI=1S/C15H26N2O5/c1-9(2)12(14(19)21-5)16-13(18)11-7-6-8-17(11)15(20)22-10(3)4/h9-12H,6-8H2,1-5H3,(H,16,18)/t11-,12+/m0/s1. The smallest absolute Gasteiger partial charge is 0.410 e. The molecule has 1 fully saturated rings. The zero-order valence-corrected chi connectivity index (χ0v) is 13.9. The van der Waals surface area contributed by atoms with Crippen LogP contribution in [0.4, 0.5) is 4.79 Å². The third-order valence-electron chi connectivity index (χ3n) is 3.55. The molecule has 1 heterocycles. The number of methoxy groups -OCH3 is 1. The van der Waals surface area contributed by atoms with E-state index in [1.807, 2.05) is 13.8 Å². The summed E-state index contributed by atoms with van der Waals surface area (Å²) >= 11 is 0. The molecule has 2 amide bonds. The molecule has 7 heteroatoms. The number of rotatable bonds is 5. The zero-order valence-electron chi connectivity index (χ0n) is 13.9. The summed E-state index contributed by atoms with van der Waals surface area (Å²) in [6.07, 6.45) is 0.558. The van der Waals surface area contributed by atoms with Gasteiger partial charge >= 0.3 is 12.1 Å². The van der Waals surface area contributed by atoms with Crippen molar-refractivity contribution in [2.24, 2.45) is 5.92 Å². The van der Waals surface area contributed by atoms with E-state index in [1.54, 1.807) is 13.8 Å². The maximum absolute atomic E-state index is 12.4. The largest absolute Gasteiger partial charge is 0.467 e. The number of amides is 2. The van der Waals surface area contributed by atoms with E-state index in [9.17, 15) is 14.4 Å². The first-order valence-corrected chi connectivity index (χ1v) is 7.63. The van der Waals surface area contributed by atoms with Crippen LogP contribution in [0.25, 0.3) is 0 Å². The highest BCUT2D eigenvalue weighted by Crippen LogP contribution is 2.19. The van der Waals surface area contributed by atoms with Crippen molar-refractivity contribution in [3.63, 3.8) is 0 Å². The van der Waals surface area contributed by atoms with Gasteiger partial charge in [0.25, 0.3) is 0 Å². The normalized spacial score (nSPS) is 19.2. The molecule has 1 saturated heterocycles. The predicted octanol–water partition coefficient (Wildman–Crippen LogP) is 1.31. The van der Waals surface area contributed by atoms with Gasteiger partial charge in [-0.05, 0) is 32.6 Å². The highest BCUT2D eigenvalue weighted by atomic mass is 16.6. The minimum atomic E-state index is -0.721. The highest BCUT2D eigenvalue weighted by Gasteiger charge is 2.37. The number of ether oxygens (including phenoxy) is 2. The van der Waals surface area contributed by atoms with Gasteiger partial charge < -0.3 is 14.8 Å². The second-order valence-corrected chi connectivity index (χ2v) is 6.04. The number of hydrogen-bond acceptors (Lipinski definition) is 5. The summed E-state index contributed by atoms with van der Waals surface area (Å²) in [5.74, 6) is -0.936. The number of nitrogens with one attached hydrogen (secondary N) is 1. The van der Waals surface area contributed by atoms with Gasteiger partial charge in [0, 0.05) is 6.54 Å². The molecule has 0 aromatic heterocycles. The Balaban J connectivity index is 2.74. The first-order valence-electron chi connectivity index (χ1n) is 7.63. The molecule has 126 valence electrons. The van der Waals surface area contributed by atoms with Gasteiger partial charge in [-0.3, -0.25) is 9.69 Å². The Morgan fingerprint density at radius 2 is 1.82 bits per heavy atom. The Bertz CT molecular complexity index is 422. The van der Waals surface area contributed by atoms with Crippen molar-refractivity contribution >= 4 is 18.0 Å². The van der Waals surface area contributed by atoms with E-state index >= 15 is 0 Å². The molecule has 0 spiro atoms. The number of esters is 1. The van der Waals surface area contributed by atoms with Crippen LogP contribution in [0.1, 0.15) is 40.5 Å². The van der Waals surface area contributed by atoms with E-state index in [-0.39, 0.29) is 17.9 Å². The molecule has 0 bridgehead atoms. The summed E-state index contributed by atoms with van der Waals surface area (Å²) in [4.78, 5) is 37.6. The zero-order chi connectivity index (χ0) is 16.9. The molecule has 0 saturated carbocycles. The lowest BCUT2D eigenvalue weighted by atomic mass is 10.0. The Morgan fingerprint density at radius 1 is 1.18 bits per heavy atom. The van der Waals surface area contributed by atoms with Crippen LogP contribution in [-0.2, 0) is 19.1 Å². The molecule has 22 heavy (non-hydrogen) atoms. The highest BCUT2D eigenvalue weighted by molar-refractivity contribution is 5.90. The summed E-state index contributed by atoms with van der Waals surface area (Å²) in [5.41, 5.74) is 0. The Hall–Kier alpha value is -1.79. The van der Waals surface area contributed by atoms with E-state index < -0.39 is 24.1 Å². The van der Waals surface area contributed by atoms with Crippen LogP contribution in [0.3, 0.4) is 0 Å². The number of carbonyl (C=O) groups excluding carboxylic acids is 3. The number of hydrogen-bond donors (Lipinski definition) is 1. The molecule has 2 atom stereocenters. The van der Waals surface area contributed by atoms with Crippen molar-refractivity contribution in [3.8, 4) is 0 Å². The topological polar surface area (TPSA) is 84.9 Å². The second-order valence-electron chi connectivity index (χ2n) is 6.04. The monoisotopic (exact) mass is 314 g/mol. The summed E-state index contributed by atoms with van der Waals surface area (Å²) in [6.45, 7) is 7.64. The molecule has 1 rings (SSSR count). The lowest BCUT2D eigenvalue weighted by Gasteiger charge is -2.27. The average molecular weight is 314 g/mol. The average Bonchev–Trinajstić information content (AvgIpc) is 2.92. The molecule has 7 nitrogen and oxygen atoms in total. The quantitative estimate of drug-likeness (QED) is 0.773. The molecular weight excluding hydrogens is 288 g/mol. The number of carbonyl (C=O) groups is 3. The molecule has 1 aliphatic rings. The van der Waals surface area contributed by atoms with Gasteiger partial charge in [-0.25, -0.2) is 9.59 Å². The maximum atomic E-state index is 12.4. The van der Waals surface area contributed by atoms with Crippen molar-refractivity contribution in [1.82, 2.24) is 10.2 Å². The Morgan fingerprint density at radius 3 is 2.32 bits per heavy atom. The summed E-state index contributed by atoms with van der Waals surface area (Å²) < 4.78 is 9.86. The summed E-state index contributed by atoms with van der Waals surface area (Å²) in [7, 11) is 1.28. The van der Waals surface area contributed by atoms with Crippen LogP contribution in [0.15, 0.2) is 0 Å². The fraction of sp³-hybridized carbons (Fsp3) is 0.800. The molecule has 0 aliphatic carbocycles. The predicted molar refractivity (Wildman–Crippen MR) is 80.1 cm³/mol.